The lowest BCUT2D eigenvalue weighted by Crippen LogP contribution is -2.57. The summed E-state index contributed by atoms with van der Waals surface area (Å²) in [6.07, 6.45) is -9.37. The molecule has 0 radical (unpaired) electrons. The van der Waals surface area contributed by atoms with Gasteiger partial charge in [0, 0.05) is 12.5 Å². The smallest absolute Gasteiger partial charge is 0.468 e. The Morgan fingerprint density at radius 2 is 1.56 bits per heavy atom. The number of alkyl halides is 7. The highest BCUT2D eigenvalue weighted by molar-refractivity contribution is 7.87. The number of carboxylic acid groups (broad SMARTS) is 1. The fraction of sp³-hybridized carbons (Fsp3) is 0.636. The summed E-state index contributed by atoms with van der Waals surface area (Å²) in [5, 5.41) is 2.69. The average Bonchev–Trinajstić information content (AvgIpc) is 2.47. The van der Waals surface area contributed by atoms with E-state index in [-0.39, 0.29) is 6.08 Å². The van der Waals surface area contributed by atoms with E-state index < -0.39 is 64.6 Å². The first-order valence-electron chi connectivity index (χ1n) is 6.38. The summed E-state index contributed by atoms with van der Waals surface area (Å²) in [5.74, 6) is -14.9. The maximum Gasteiger partial charge on any atom is 0.468 e. The first kappa shape index (κ1) is 25.1. The van der Waals surface area contributed by atoms with Crippen LogP contribution < -0.4 is 0 Å². The van der Waals surface area contributed by atoms with Crippen LogP contribution in [0, 0.1) is 0 Å². The van der Waals surface area contributed by atoms with Gasteiger partial charge in [-0.05, 0) is 6.42 Å². The van der Waals surface area contributed by atoms with Crippen LogP contribution in [0.5, 0.6) is 0 Å². The summed E-state index contributed by atoms with van der Waals surface area (Å²) < 4.78 is 127. The summed E-state index contributed by atoms with van der Waals surface area (Å²) in [7, 11) is -6.56. The van der Waals surface area contributed by atoms with Crippen LogP contribution in [0.3, 0.4) is 0 Å². The lowest BCUT2D eigenvalue weighted by atomic mass is 10.2. The number of carboxylic acids is 1. The van der Waals surface area contributed by atoms with Gasteiger partial charge in [-0.3, -0.25) is 4.55 Å². The van der Waals surface area contributed by atoms with Crippen molar-refractivity contribution in [3.63, 3.8) is 0 Å². The third kappa shape index (κ3) is 5.29. The van der Waals surface area contributed by atoms with Crippen LogP contribution in [0.15, 0.2) is 12.7 Å². The van der Waals surface area contributed by atoms with Gasteiger partial charge in [0.15, 0.2) is 0 Å². The number of ether oxygens (including phenoxy) is 2. The number of hydrogen-bond donors (Lipinski definition) is 2. The van der Waals surface area contributed by atoms with Crippen LogP contribution in [0.2, 0.25) is 0 Å². The fourth-order valence-corrected chi connectivity index (χ4v) is 1.90. The van der Waals surface area contributed by atoms with Gasteiger partial charge in [-0.15, -0.1) is 0 Å². The number of halogens is 7. The summed E-state index contributed by atoms with van der Waals surface area (Å²) in [6.45, 7) is 1.08. The number of esters is 1. The van der Waals surface area contributed by atoms with Crippen molar-refractivity contribution in [3.8, 4) is 0 Å². The van der Waals surface area contributed by atoms with Crippen LogP contribution >= 0.6 is 0 Å². The third-order valence-electron chi connectivity index (χ3n) is 2.76. The Bertz CT molecular complexity index is 687. The Hall–Kier alpha value is -1.94. The number of rotatable bonds is 10. The predicted octanol–water partition coefficient (Wildman–Crippen LogP) is 1.97. The molecule has 16 heteroatoms. The molecule has 0 aromatic heterocycles. The Kier molecular flexibility index (Phi) is 7.40. The van der Waals surface area contributed by atoms with E-state index in [2.05, 4.69) is 16.1 Å². The van der Waals surface area contributed by atoms with Crippen molar-refractivity contribution < 1.29 is 67.9 Å². The Balaban J connectivity index is 5.36. The lowest BCUT2D eigenvalue weighted by molar-refractivity contribution is -0.353. The predicted molar refractivity (Wildman–Crippen MR) is 69.3 cm³/mol. The van der Waals surface area contributed by atoms with E-state index >= 15 is 0 Å². The first-order valence-corrected chi connectivity index (χ1v) is 7.82. The van der Waals surface area contributed by atoms with Gasteiger partial charge in [0.2, 0.25) is 0 Å². The van der Waals surface area contributed by atoms with Crippen molar-refractivity contribution in [1.82, 2.24) is 0 Å². The minimum Gasteiger partial charge on any atom is -0.476 e. The summed E-state index contributed by atoms with van der Waals surface area (Å²) >= 11 is 0. The van der Waals surface area contributed by atoms with Crippen LogP contribution in [-0.2, 0) is 29.2 Å². The second-order valence-corrected chi connectivity index (χ2v) is 6.16. The van der Waals surface area contributed by atoms with Gasteiger partial charge in [-0.1, -0.05) is 6.58 Å². The van der Waals surface area contributed by atoms with Gasteiger partial charge in [0.1, 0.15) is 0 Å². The minimum atomic E-state index is -6.56. The molecule has 27 heavy (non-hydrogen) atoms. The quantitative estimate of drug-likeness (QED) is 0.133. The highest BCUT2D eigenvalue weighted by Crippen LogP contribution is 2.42. The third-order valence-corrected chi connectivity index (χ3v) is 3.70. The lowest BCUT2D eigenvalue weighted by Gasteiger charge is -2.30. The zero-order chi connectivity index (χ0) is 21.9. The van der Waals surface area contributed by atoms with Crippen molar-refractivity contribution in [1.29, 1.82) is 0 Å². The second kappa shape index (κ2) is 7.97. The van der Waals surface area contributed by atoms with Crippen molar-refractivity contribution in [2.24, 2.45) is 0 Å². The fourth-order valence-electron chi connectivity index (χ4n) is 1.42. The molecule has 158 valence electrons. The molecule has 0 aliphatic heterocycles. The van der Waals surface area contributed by atoms with Crippen LogP contribution in [0.1, 0.15) is 12.8 Å². The molecule has 2 N–H and O–H groups in total. The summed E-state index contributed by atoms with van der Waals surface area (Å²) in [4.78, 5) is 21.8. The van der Waals surface area contributed by atoms with Gasteiger partial charge in [0.25, 0.3) is 0 Å². The number of hydrogen-bond acceptors (Lipinski definition) is 6. The van der Waals surface area contributed by atoms with Gasteiger partial charge in [-0.2, -0.15) is 39.2 Å². The molecule has 0 aromatic carbocycles. The molecule has 0 saturated carbocycles. The molecule has 0 amide bonds. The van der Waals surface area contributed by atoms with Crippen molar-refractivity contribution in [2.45, 2.75) is 36.0 Å². The molecule has 0 bridgehead atoms. The number of aliphatic carboxylic acids is 1. The van der Waals surface area contributed by atoms with E-state index in [0.29, 0.717) is 0 Å². The first-order chi connectivity index (χ1) is 11.9. The topological polar surface area (TPSA) is 127 Å². The van der Waals surface area contributed by atoms with Crippen LogP contribution in [-0.4, -0.2) is 59.8 Å². The molecule has 0 rings (SSSR count). The molecule has 0 spiro atoms. The standard InChI is InChI=1S/C11H11F7O8S/c1-2-6(19)26-9(7(20)21,10(14,15)16)25-5-3-4-8(12,13)11(17,18)27(22,23)24/h2H,1,3-5H2,(H,20,21)(H,22,23,24). The Morgan fingerprint density at radius 3 is 1.89 bits per heavy atom. The second-order valence-electron chi connectivity index (χ2n) is 4.69. The van der Waals surface area contributed by atoms with Gasteiger partial charge in [0.05, 0.1) is 6.61 Å². The van der Waals surface area contributed by atoms with Gasteiger partial charge in [-0.25, -0.2) is 9.59 Å². The number of carbonyl (C=O) groups excluding carboxylic acids is 1. The number of carbonyl (C=O) groups is 2. The summed E-state index contributed by atoms with van der Waals surface area (Å²) in [5.41, 5.74) is 0. The molecule has 1 unspecified atom stereocenters. The maximum absolute atomic E-state index is 13.2. The highest BCUT2D eigenvalue weighted by atomic mass is 32.2. The highest BCUT2D eigenvalue weighted by Gasteiger charge is 2.67. The molecule has 0 aromatic rings. The van der Waals surface area contributed by atoms with E-state index in [4.69, 9.17) is 9.66 Å². The molecule has 0 fully saturated rings. The van der Waals surface area contributed by atoms with Crippen LogP contribution in [0.4, 0.5) is 30.7 Å². The monoisotopic (exact) mass is 436 g/mol. The van der Waals surface area contributed by atoms with Crippen molar-refractivity contribution >= 4 is 22.1 Å². The maximum atomic E-state index is 13.2. The zero-order valence-corrected chi connectivity index (χ0v) is 13.6. The van der Waals surface area contributed by atoms with Gasteiger partial charge >= 0.3 is 45.2 Å². The molecule has 1 atom stereocenters. The Morgan fingerprint density at radius 1 is 1.07 bits per heavy atom. The van der Waals surface area contributed by atoms with Crippen molar-refractivity contribution in [3.05, 3.63) is 12.7 Å². The van der Waals surface area contributed by atoms with E-state index in [0.717, 1.165) is 0 Å². The molecule has 0 aliphatic rings. The molecule has 0 heterocycles. The molecule has 0 saturated heterocycles. The SMILES string of the molecule is C=CC(=O)OC(OCCCC(F)(F)C(F)(F)S(=O)(=O)O)(C(=O)O)C(F)(F)F. The van der Waals surface area contributed by atoms with Gasteiger partial charge < -0.3 is 14.6 Å². The minimum absolute atomic E-state index is 0.133. The van der Waals surface area contributed by atoms with E-state index in [1.165, 1.54) is 0 Å². The molecule has 8 nitrogen and oxygen atoms in total. The molecular weight excluding hydrogens is 425 g/mol. The molecule has 0 aliphatic carbocycles. The largest absolute Gasteiger partial charge is 0.476 e. The Labute approximate surface area is 146 Å². The van der Waals surface area contributed by atoms with E-state index in [9.17, 15) is 48.7 Å². The molecular formula is C11H11F7O8S. The normalized spacial score (nSPS) is 15.7. The summed E-state index contributed by atoms with van der Waals surface area (Å²) in [6, 6.07) is 0. The van der Waals surface area contributed by atoms with Crippen molar-refractivity contribution in [2.75, 3.05) is 6.61 Å². The average molecular weight is 436 g/mol. The van der Waals surface area contributed by atoms with E-state index in [1.807, 2.05) is 0 Å². The zero-order valence-electron chi connectivity index (χ0n) is 12.8. The van der Waals surface area contributed by atoms with Crippen LogP contribution in [0.25, 0.3) is 0 Å². The van der Waals surface area contributed by atoms with E-state index in [1.54, 1.807) is 0 Å².